The van der Waals surface area contributed by atoms with Crippen molar-refractivity contribution in [3.05, 3.63) is 63.4 Å². The Morgan fingerprint density at radius 3 is 2.57 bits per heavy atom. The Hall–Kier alpha value is -2.17. The molecule has 3 rings (SSSR count). The Kier molecular flexibility index (Phi) is 3.74. The van der Waals surface area contributed by atoms with Crippen molar-refractivity contribution < 1.29 is 12.8 Å². The van der Waals surface area contributed by atoms with E-state index in [9.17, 15) is 18.1 Å². The second kappa shape index (κ2) is 5.48. The van der Waals surface area contributed by atoms with Crippen LogP contribution >= 0.6 is 15.9 Å². The summed E-state index contributed by atoms with van der Waals surface area (Å²) in [5.41, 5.74) is 1.80. The van der Waals surface area contributed by atoms with E-state index in [4.69, 9.17) is 0 Å². The third kappa shape index (κ3) is 2.54. The summed E-state index contributed by atoms with van der Waals surface area (Å²) < 4.78 is 39.2. The molecule has 0 amide bonds. The summed E-state index contributed by atoms with van der Waals surface area (Å²) in [6, 6.07) is 10.6. The van der Waals surface area contributed by atoms with Crippen LogP contribution in [0.2, 0.25) is 0 Å². The van der Waals surface area contributed by atoms with E-state index in [1.54, 1.807) is 12.1 Å². The average molecular weight is 393 g/mol. The molecule has 4 nitrogen and oxygen atoms in total. The van der Waals surface area contributed by atoms with Gasteiger partial charge in [-0.2, -0.15) is 5.26 Å². The molecule has 116 valence electrons. The molecule has 0 N–H and O–H groups in total. The van der Waals surface area contributed by atoms with Gasteiger partial charge in [-0.05, 0) is 58.7 Å². The Morgan fingerprint density at radius 1 is 1.17 bits per heavy atom. The van der Waals surface area contributed by atoms with Crippen molar-refractivity contribution in [3.8, 4) is 6.07 Å². The molecule has 0 unspecified atom stereocenters. The van der Waals surface area contributed by atoms with Gasteiger partial charge in [0.2, 0.25) is 9.84 Å². The molecule has 0 aromatic heterocycles. The Balaban J connectivity index is 2.33. The molecule has 1 aliphatic rings. The molecule has 0 aliphatic carbocycles. The smallest absolute Gasteiger partial charge is 0.220 e. The average Bonchev–Trinajstić information content (AvgIpc) is 2.48. The van der Waals surface area contributed by atoms with Crippen LogP contribution in [0.3, 0.4) is 0 Å². The molecule has 0 bridgehead atoms. The zero-order valence-corrected chi connectivity index (χ0v) is 14.3. The summed E-state index contributed by atoms with van der Waals surface area (Å²) in [6.45, 7) is 1.92. The fourth-order valence-corrected chi connectivity index (χ4v) is 4.34. The van der Waals surface area contributed by atoms with E-state index in [1.807, 2.05) is 19.1 Å². The molecule has 7 heteroatoms. The summed E-state index contributed by atoms with van der Waals surface area (Å²) in [7, 11) is -3.94. The number of sulfone groups is 1. The van der Waals surface area contributed by atoms with Crippen molar-refractivity contribution in [2.45, 2.75) is 11.8 Å². The Morgan fingerprint density at radius 2 is 1.91 bits per heavy atom. The largest absolute Gasteiger partial charge is 0.313 e. The highest BCUT2D eigenvalue weighted by Crippen LogP contribution is 2.42. The summed E-state index contributed by atoms with van der Waals surface area (Å²) in [5, 5.41) is 9.18. The van der Waals surface area contributed by atoms with Crippen LogP contribution in [-0.2, 0) is 9.84 Å². The predicted octanol–water partition coefficient (Wildman–Crippen LogP) is 4.19. The topological polar surface area (TPSA) is 61.2 Å². The van der Waals surface area contributed by atoms with Crippen LogP contribution in [0.25, 0.3) is 0 Å². The van der Waals surface area contributed by atoms with Gasteiger partial charge in [0.1, 0.15) is 11.9 Å². The number of rotatable bonds is 1. The minimum atomic E-state index is -3.94. The fraction of sp³-hybridized carbons (Fsp3) is 0.0625. The van der Waals surface area contributed by atoms with Crippen LogP contribution in [-0.4, -0.2) is 8.42 Å². The molecule has 1 heterocycles. The number of aryl methyl sites for hydroxylation is 1. The van der Waals surface area contributed by atoms with Crippen molar-refractivity contribution in [2.24, 2.45) is 0 Å². The summed E-state index contributed by atoms with van der Waals surface area (Å²) in [6.07, 6.45) is 1.21. The normalized spacial score (nSPS) is 15.6. The van der Waals surface area contributed by atoms with Gasteiger partial charge in [0.25, 0.3) is 0 Å². The third-order valence-electron chi connectivity index (χ3n) is 3.48. The number of benzene rings is 2. The van der Waals surface area contributed by atoms with E-state index in [0.29, 0.717) is 10.2 Å². The molecule has 1 aliphatic heterocycles. The predicted molar refractivity (Wildman–Crippen MR) is 88.3 cm³/mol. The molecular weight excluding hydrogens is 383 g/mol. The number of anilines is 2. The second-order valence-corrected chi connectivity index (χ2v) is 7.79. The summed E-state index contributed by atoms with van der Waals surface area (Å²) >= 11 is 3.43. The van der Waals surface area contributed by atoms with Gasteiger partial charge >= 0.3 is 0 Å². The maximum atomic E-state index is 13.7. The van der Waals surface area contributed by atoms with Crippen LogP contribution in [0, 0.1) is 24.1 Å². The van der Waals surface area contributed by atoms with Crippen LogP contribution in [0.15, 0.2) is 56.9 Å². The Labute approximate surface area is 141 Å². The van der Waals surface area contributed by atoms with Crippen molar-refractivity contribution in [3.63, 3.8) is 0 Å². The van der Waals surface area contributed by atoms with Gasteiger partial charge in [0, 0.05) is 10.7 Å². The van der Waals surface area contributed by atoms with Crippen molar-refractivity contribution in [1.29, 1.82) is 5.26 Å². The zero-order valence-electron chi connectivity index (χ0n) is 11.9. The molecule has 23 heavy (non-hydrogen) atoms. The van der Waals surface area contributed by atoms with Gasteiger partial charge in [-0.25, -0.2) is 12.8 Å². The first-order valence-electron chi connectivity index (χ1n) is 6.56. The maximum Gasteiger partial charge on any atom is 0.220 e. The lowest BCUT2D eigenvalue weighted by molar-refractivity contribution is 0.600. The molecule has 0 fully saturated rings. The van der Waals surface area contributed by atoms with Crippen LogP contribution < -0.4 is 4.90 Å². The van der Waals surface area contributed by atoms with Crippen molar-refractivity contribution >= 4 is 37.1 Å². The number of hydrogen-bond donors (Lipinski definition) is 0. The highest BCUT2D eigenvalue weighted by atomic mass is 79.9. The minimum absolute atomic E-state index is 0.0922. The molecule has 2 aromatic rings. The van der Waals surface area contributed by atoms with Gasteiger partial charge in [0.15, 0.2) is 4.91 Å². The number of hydrogen-bond acceptors (Lipinski definition) is 4. The van der Waals surface area contributed by atoms with E-state index in [-0.39, 0.29) is 15.5 Å². The first-order valence-corrected chi connectivity index (χ1v) is 8.84. The molecule has 0 saturated heterocycles. The molecule has 0 saturated carbocycles. The number of allylic oxidation sites excluding steroid dienone is 1. The van der Waals surface area contributed by atoms with Crippen LogP contribution in [0.1, 0.15) is 5.56 Å². The number of nitriles is 1. The fourth-order valence-electron chi connectivity index (χ4n) is 2.38. The molecular formula is C16H10BrFN2O2S. The maximum absolute atomic E-state index is 13.7. The number of halogens is 2. The number of fused-ring (bicyclic) bond motifs is 1. The van der Waals surface area contributed by atoms with Crippen molar-refractivity contribution in [2.75, 3.05) is 4.90 Å². The Bertz CT molecular complexity index is 994. The molecule has 0 atom stereocenters. The lowest BCUT2D eigenvalue weighted by Gasteiger charge is -2.28. The van der Waals surface area contributed by atoms with Gasteiger partial charge in [-0.3, -0.25) is 0 Å². The minimum Gasteiger partial charge on any atom is -0.313 e. The lowest BCUT2D eigenvalue weighted by Crippen LogP contribution is -2.21. The highest BCUT2D eigenvalue weighted by Gasteiger charge is 2.32. The van der Waals surface area contributed by atoms with E-state index >= 15 is 0 Å². The van der Waals surface area contributed by atoms with E-state index < -0.39 is 15.7 Å². The van der Waals surface area contributed by atoms with Crippen molar-refractivity contribution in [1.82, 2.24) is 0 Å². The highest BCUT2D eigenvalue weighted by molar-refractivity contribution is 9.10. The van der Waals surface area contributed by atoms with Gasteiger partial charge in [-0.1, -0.05) is 6.07 Å². The standard InChI is InChI=1S/C16H10BrFN2O2S/c1-10-2-4-14(13(17)6-10)20-9-12(8-19)23(21,22)16-5-3-11(18)7-15(16)20/h2-7,9H,1H3. The van der Waals surface area contributed by atoms with Gasteiger partial charge in [-0.15, -0.1) is 0 Å². The third-order valence-corrected chi connectivity index (χ3v) is 5.81. The number of nitrogens with zero attached hydrogens (tertiary/aromatic N) is 2. The SMILES string of the molecule is Cc1ccc(N2C=C(C#N)S(=O)(=O)c3ccc(F)cc32)c(Br)c1. The first-order chi connectivity index (χ1) is 10.8. The quantitative estimate of drug-likeness (QED) is 0.682. The molecule has 2 aromatic carbocycles. The van der Waals surface area contributed by atoms with E-state index in [0.717, 1.165) is 17.7 Å². The summed E-state index contributed by atoms with van der Waals surface area (Å²) in [4.78, 5) is 1.02. The van der Waals surface area contributed by atoms with Crippen LogP contribution in [0.4, 0.5) is 15.8 Å². The van der Waals surface area contributed by atoms with E-state index in [1.165, 1.54) is 17.2 Å². The van der Waals surface area contributed by atoms with Gasteiger partial charge < -0.3 is 4.90 Å². The molecule has 0 spiro atoms. The first kappa shape index (κ1) is 15.7. The monoisotopic (exact) mass is 392 g/mol. The van der Waals surface area contributed by atoms with Crippen LogP contribution in [0.5, 0.6) is 0 Å². The second-order valence-electron chi connectivity index (χ2n) is 5.05. The molecule has 0 radical (unpaired) electrons. The lowest BCUT2D eigenvalue weighted by atomic mass is 10.2. The summed E-state index contributed by atoms with van der Waals surface area (Å²) in [5.74, 6) is -0.555. The zero-order chi connectivity index (χ0) is 16.8. The van der Waals surface area contributed by atoms with E-state index in [2.05, 4.69) is 15.9 Å². The van der Waals surface area contributed by atoms with Gasteiger partial charge in [0.05, 0.1) is 16.3 Å².